The molecule has 5 rings (SSSR count). The maximum absolute atomic E-state index is 12.6. The van der Waals surface area contributed by atoms with Crippen LogP contribution in [-0.2, 0) is 9.53 Å². The second-order valence-electron chi connectivity index (χ2n) is 11.0. The first-order chi connectivity index (χ1) is 17.2. The molecule has 2 aliphatic carbocycles. The third-order valence-corrected chi connectivity index (χ3v) is 8.76. The molecule has 1 N–H and O–H groups in total. The lowest BCUT2D eigenvalue weighted by Crippen LogP contribution is -2.47. The summed E-state index contributed by atoms with van der Waals surface area (Å²) in [6.45, 7) is 5.78. The third kappa shape index (κ3) is 6.42. The van der Waals surface area contributed by atoms with Gasteiger partial charge in [-0.25, -0.2) is 0 Å². The molecule has 1 aromatic carbocycles. The highest BCUT2D eigenvalue weighted by Gasteiger charge is 2.28. The minimum absolute atomic E-state index is 0.271. The Morgan fingerprint density at radius 2 is 1.71 bits per heavy atom. The van der Waals surface area contributed by atoms with E-state index >= 15 is 0 Å². The van der Waals surface area contributed by atoms with Crippen molar-refractivity contribution in [3.63, 3.8) is 0 Å². The average Bonchev–Trinajstić information content (AvgIpc) is 3.38. The summed E-state index contributed by atoms with van der Waals surface area (Å²) in [6, 6.07) is 6.57. The Morgan fingerprint density at radius 1 is 0.971 bits per heavy atom. The van der Waals surface area contributed by atoms with Crippen molar-refractivity contribution in [2.45, 2.75) is 76.4 Å². The summed E-state index contributed by atoms with van der Waals surface area (Å²) >= 11 is 0. The molecule has 7 heteroatoms. The zero-order chi connectivity index (χ0) is 24.0. The summed E-state index contributed by atoms with van der Waals surface area (Å²) in [5, 5.41) is 3.35. The summed E-state index contributed by atoms with van der Waals surface area (Å²) < 4.78 is 16.7. The molecule has 3 fully saturated rings. The number of piperazine rings is 1. The van der Waals surface area contributed by atoms with Gasteiger partial charge in [-0.2, -0.15) is 0 Å². The number of hydrogen-bond acceptors (Lipinski definition) is 6. The van der Waals surface area contributed by atoms with Crippen molar-refractivity contribution in [3.05, 3.63) is 18.2 Å². The second kappa shape index (κ2) is 11.8. The van der Waals surface area contributed by atoms with Crippen LogP contribution in [0, 0.1) is 11.8 Å². The van der Waals surface area contributed by atoms with Crippen molar-refractivity contribution >= 4 is 11.6 Å². The molecule has 0 radical (unpaired) electrons. The fraction of sp³-hybridized carbons (Fsp3) is 0.750. The molecule has 1 saturated heterocycles. The summed E-state index contributed by atoms with van der Waals surface area (Å²) in [7, 11) is 1.80. The largest absolute Gasteiger partial charge is 0.454 e. The number of ether oxygens (including phenoxy) is 3. The predicted octanol–water partition coefficient (Wildman–Crippen LogP) is 4.20. The molecule has 0 unspecified atom stereocenters. The van der Waals surface area contributed by atoms with Crippen LogP contribution in [0.1, 0.15) is 64.2 Å². The van der Waals surface area contributed by atoms with Gasteiger partial charge in [0.2, 0.25) is 12.7 Å². The summed E-state index contributed by atoms with van der Waals surface area (Å²) in [5.74, 6) is 3.39. The maximum atomic E-state index is 12.6. The molecule has 1 aromatic rings. The molecule has 35 heavy (non-hydrogen) atoms. The molecule has 2 aliphatic heterocycles. The van der Waals surface area contributed by atoms with Gasteiger partial charge in [-0.3, -0.25) is 9.69 Å². The fourth-order valence-electron chi connectivity index (χ4n) is 6.46. The Labute approximate surface area is 210 Å². The molecule has 0 aromatic heterocycles. The number of nitrogens with zero attached hydrogens (tertiary/aromatic N) is 2. The highest BCUT2D eigenvalue weighted by molar-refractivity contribution is 5.76. The molecular weight excluding hydrogens is 442 g/mol. The number of carbonyl (C=O) groups is 1. The standard InChI is InChI=1S/C28H43N3O4/c1-33-24-11-7-22(8-12-24)19-27(32)29-23-9-5-21(6-10-23)13-14-30-15-17-31(18-16-30)25-3-2-4-26-28(25)35-20-34-26/h2-4,21-24H,5-20H2,1H3,(H,29,32). The van der Waals surface area contributed by atoms with Crippen molar-refractivity contribution in [1.29, 1.82) is 0 Å². The number of amides is 1. The van der Waals surface area contributed by atoms with Gasteiger partial charge in [-0.1, -0.05) is 6.07 Å². The monoisotopic (exact) mass is 485 g/mol. The van der Waals surface area contributed by atoms with E-state index in [1.165, 1.54) is 31.5 Å². The van der Waals surface area contributed by atoms with Crippen LogP contribution in [0.3, 0.4) is 0 Å². The van der Waals surface area contributed by atoms with Crippen molar-refractivity contribution in [2.75, 3.05) is 51.5 Å². The quantitative estimate of drug-likeness (QED) is 0.596. The van der Waals surface area contributed by atoms with E-state index in [0.717, 1.165) is 82.1 Å². The molecule has 7 nitrogen and oxygen atoms in total. The lowest BCUT2D eigenvalue weighted by atomic mass is 9.83. The normalized spacial score (nSPS) is 29.2. The number of para-hydroxylation sites is 1. The highest BCUT2D eigenvalue weighted by atomic mass is 16.7. The van der Waals surface area contributed by atoms with Crippen LogP contribution in [0.5, 0.6) is 11.5 Å². The molecular formula is C28H43N3O4. The minimum Gasteiger partial charge on any atom is -0.454 e. The number of fused-ring (bicyclic) bond motifs is 1. The Bertz CT molecular complexity index is 825. The van der Waals surface area contributed by atoms with E-state index in [-0.39, 0.29) is 5.91 Å². The summed E-state index contributed by atoms with van der Waals surface area (Å²) in [5.41, 5.74) is 1.17. The van der Waals surface area contributed by atoms with Gasteiger partial charge < -0.3 is 24.4 Å². The van der Waals surface area contributed by atoms with Crippen LogP contribution in [0.25, 0.3) is 0 Å². The van der Waals surface area contributed by atoms with Crippen LogP contribution in [0.15, 0.2) is 18.2 Å². The summed E-state index contributed by atoms with van der Waals surface area (Å²) in [6.07, 6.45) is 11.6. The summed E-state index contributed by atoms with van der Waals surface area (Å²) in [4.78, 5) is 17.6. The molecule has 0 atom stereocenters. The van der Waals surface area contributed by atoms with Gasteiger partial charge in [-0.05, 0) is 88.3 Å². The van der Waals surface area contributed by atoms with E-state index in [4.69, 9.17) is 14.2 Å². The zero-order valence-corrected chi connectivity index (χ0v) is 21.4. The number of benzene rings is 1. The number of anilines is 1. The first-order valence-corrected chi connectivity index (χ1v) is 13.9. The molecule has 194 valence electrons. The van der Waals surface area contributed by atoms with Gasteiger partial charge in [0.1, 0.15) is 0 Å². The number of hydrogen-bond donors (Lipinski definition) is 1. The number of carbonyl (C=O) groups excluding carboxylic acids is 1. The van der Waals surface area contributed by atoms with Crippen molar-refractivity contribution in [3.8, 4) is 11.5 Å². The fourth-order valence-corrected chi connectivity index (χ4v) is 6.46. The lowest BCUT2D eigenvalue weighted by Gasteiger charge is -2.37. The molecule has 2 saturated carbocycles. The average molecular weight is 486 g/mol. The van der Waals surface area contributed by atoms with Gasteiger partial charge in [0.15, 0.2) is 11.5 Å². The SMILES string of the molecule is COC1CCC(CC(=O)NC2CCC(CCN3CCN(c4cccc5c4OCO5)CC3)CC2)CC1. The van der Waals surface area contributed by atoms with Crippen molar-refractivity contribution in [2.24, 2.45) is 11.8 Å². The first-order valence-electron chi connectivity index (χ1n) is 13.9. The van der Waals surface area contributed by atoms with Crippen LogP contribution in [-0.4, -0.2) is 69.6 Å². The van der Waals surface area contributed by atoms with E-state index in [2.05, 4.69) is 27.2 Å². The van der Waals surface area contributed by atoms with Crippen molar-refractivity contribution in [1.82, 2.24) is 10.2 Å². The Morgan fingerprint density at radius 3 is 2.46 bits per heavy atom. The van der Waals surface area contributed by atoms with E-state index in [1.54, 1.807) is 7.11 Å². The topological polar surface area (TPSA) is 63.3 Å². The third-order valence-electron chi connectivity index (χ3n) is 8.76. The maximum Gasteiger partial charge on any atom is 0.231 e. The second-order valence-corrected chi connectivity index (χ2v) is 11.0. The Hall–Kier alpha value is -1.99. The van der Waals surface area contributed by atoms with Gasteiger partial charge >= 0.3 is 0 Å². The van der Waals surface area contributed by atoms with E-state index in [0.29, 0.717) is 31.3 Å². The van der Waals surface area contributed by atoms with Crippen LogP contribution in [0.4, 0.5) is 5.69 Å². The Kier molecular flexibility index (Phi) is 8.35. The highest BCUT2D eigenvalue weighted by Crippen LogP contribution is 2.41. The van der Waals surface area contributed by atoms with Crippen LogP contribution < -0.4 is 19.7 Å². The molecule has 2 heterocycles. The lowest BCUT2D eigenvalue weighted by molar-refractivity contribution is -0.123. The van der Waals surface area contributed by atoms with Crippen LogP contribution >= 0.6 is 0 Å². The smallest absolute Gasteiger partial charge is 0.231 e. The van der Waals surface area contributed by atoms with E-state index < -0.39 is 0 Å². The first kappa shape index (κ1) is 24.7. The number of nitrogens with one attached hydrogen (secondary N) is 1. The molecule has 4 aliphatic rings. The number of methoxy groups -OCH3 is 1. The molecule has 1 amide bonds. The number of rotatable bonds is 8. The Balaban J connectivity index is 0.963. The molecule has 0 spiro atoms. The predicted molar refractivity (Wildman–Crippen MR) is 137 cm³/mol. The van der Waals surface area contributed by atoms with E-state index in [1.807, 2.05) is 6.07 Å². The van der Waals surface area contributed by atoms with Crippen LogP contribution in [0.2, 0.25) is 0 Å². The zero-order valence-electron chi connectivity index (χ0n) is 21.4. The molecule has 0 bridgehead atoms. The minimum atomic E-state index is 0.271. The van der Waals surface area contributed by atoms with E-state index in [9.17, 15) is 4.79 Å². The van der Waals surface area contributed by atoms with Crippen molar-refractivity contribution < 1.29 is 19.0 Å². The van der Waals surface area contributed by atoms with Gasteiger partial charge in [0.05, 0.1) is 11.8 Å². The van der Waals surface area contributed by atoms with Gasteiger partial charge in [-0.15, -0.1) is 0 Å². The van der Waals surface area contributed by atoms with Gasteiger partial charge in [0, 0.05) is 45.8 Å². The van der Waals surface area contributed by atoms with Gasteiger partial charge in [0.25, 0.3) is 0 Å².